The highest BCUT2D eigenvalue weighted by atomic mass is 16.5. The lowest BCUT2D eigenvalue weighted by atomic mass is 9.93. The molecule has 0 aromatic heterocycles. The van der Waals surface area contributed by atoms with Crippen LogP contribution in [0.5, 0.6) is 11.5 Å². The van der Waals surface area contributed by atoms with Gasteiger partial charge in [-0.15, -0.1) is 0 Å². The molecule has 0 radical (unpaired) electrons. The first-order chi connectivity index (χ1) is 9.74. The first-order valence-electron chi connectivity index (χ1n) is 7.26. The van der Waals surface area contributed by atoms with Gasteiger partial charge in [0, 0.05) is 25.8 Å². The Labute approximate surface area is 121 Å². The summed E-state index contributed by atoms with van der Waals surface area (Å²) in [4.78, 5) is 0. The van der Waals surface area contributed by atoms with Crippen LogP contribution in [0.4, 0.5) is 0 Å². The van der Waals surface area contributed by atoms with Crippen molar-refractivity contribution in [2.24, 2.45) is 5.92 Å². The van der Waals surface area contributed by atoms with E-state index in [0.29, 0.717) is 12.0 Å². The molecule has 0 saturated carbocycles. The highest BCUT2D eigenvalue weighted by molar-refractivity contribution is 5.42. The van der Waals surface area contributed by atoms with Crippen molar-refractivity contribution in [2.45, 2.75) is 32.4 Å². The summed E-state index contributed by atoms with van der Waals surface area (Å²) in [6.07, 6.45) is 2.31. The summed E-state index contributed by atoms with van der Waals surface area (Å²) in [6, 6.07) is 6.56. The standard InChI is InChI=1S/C16H25NO3/c1-12(14-6-8-20-9-7-14)17-11-13-4-5-15(18-2)16(10-13)19-3/h4-5,10,12,14,17H,6-9,11H2,1-3H3. The smallest absolute Gasteiger partial charge is 0.161 e. The predicted octanol–water partition coefficient (Wildman–Crippen LogP) is 2.61. The van der Waals surface area contributed by atoms with Crippen LogP contribution in [0.1, 0.15) is 25.3 Å². The van der Waals surface area contributed by atoms with Crippen molar-refractivity contribution in [1.29, 1.82) is 0 Å². The Kier molecular flexibility index (Phi) is 5.68. The summed E-state index contributed by atoms with van der Waals surface area (Å²) < 4.78 is 16.0. The van der Waals surface area contributed by atoms with Crippen LogP contribution >= 0.6 is 0 Å². The quantitative estimate of drug-likeness (QED) is 0.869. The van der Waals surface area contributed by atoms with E-state index in [1.165, 1.54) is 5.56 Å². The Morgan fingerprint density at radius 2 is 1.90 bits per heavy atom. The minimum Gasteiger partial charge on any atom is -0.493 e. The molecule has 1 fully saturated rings. The molecule has 1 saturated heterocycles. The van der Waals surface area contributed by atoms with E-state index in [4.69, 9.17) is 14.2 Å². The molecule has 1 heterocycles. The monoisotopic (exact) mass is 279 g/mol. The van der Waals surface area contributed by atoms with Gasteiger partial charge in [0.1, 0.15) is 0 Å². The SMILES string of the molecule is COc1ccc(CNC(C)C2CCOCC2)cc1OC. The average molecular weight is 279 g/mol. The Morgan fingerprint density at radius 3 is 2.55 bits per heavy atom. The van der Waals surface area contributed by atoms with Gasteiger partial charge in [-0.1, -0.05) is 6.07 Å². The number of ether oxygens (including phenoxy) is 3. The third-order valence-corrected chi connectivity index (χ3v) is 4.05. The van der Waals surface area contributed by atoms with Crippen LogP contribution in [0, 0.1) is 5.92 Å². The topological polar surface area (TPSA) is 39.7 Å². The van der Waals surface area contributed by atoms with Gasteiger partial charge < -0.3 is 19.5 Å². The van der Waals surface area contributed by atoms with E-state index in [1.807, 2.05) is 12.1 Å². The molecule has 1 N–H and O–H groups in total. The molecular formula is C16H25NO3. The maximum atomic E-state index is 5.41. The lowest BCUT2D eigenvalue weighted by molar-refractivity contribution is 0.0558. The molecule has 0 spiro atoms. The van der Waals surface area contributed by atoms with Crippen molar-refractivity contribution in [2.75, 3.05) is 27.4 Å². The van der Waals surface area contributed by atoms with E-state index < -0.39 is 0 Å². The van der Waals surface area contributed by atoms with E-state index in [-0.39, 0.29) is 0 Å². The molecular weight excluding hydrogens is 254 g/mol. The van der Waals surface area contributed by atoms with Crippen molar-refractivity contribution in [3.8, 4) is 11.5 Å². The lowest BCUT2D eigenvalue weighted by Gasteiger charge is -2.28. The Morgan fingerprint density at radius 1 is 1.20 bits per heavy atom. The molecule has 0 bridgehead atoms. The van der Waals surface area contributed by atoms with Gasteiger partial charge in [0.2, 0.25) is 0 Å². The van der Waals surface area contributed by atoms with Crippen molar-refractivity contribution in [3.05, 3.63) is 23.8 Å². The van der Waals surface area contributed by atoms with E-state index in [0.717, 1.165) is 44.1 Å². The summed E-state index contributed by atoms with van der Waals surface area (Å²) in [5.74, 6) is 2.27. The lowest BCUT2D eigenvalue weighted by Crippen LogP contribution is -2.36. The van der Waals surface area contributed by atoms with Gasteiger partial charge in [-0.25, -0.2) is 0 Å². The molecule has 1 aromatic rings. The summed E-state index contributed by atoms with van der Waals surface area (Å²) in [7, 11) is 3.32. The van der Waals surface area contributed by atoms with E-state index in [9.17, 15) is 0 Å². The van der Waals surface area contributed by atoms with Gasteiger partial charge in [0.15, 0.2) is 11.5 Å². The Bertz CT molecular complexity index is 416. The van der Waals surface area contributed by atoms with Crippen LogP contribution in [-0.2, 0) is 11.3 Å². The molecule has 2 rings (SSSR count). The van der Waals surface area contributed by atoms with Gasteiger partial charge in [0.05, 0.1) is 14.2 Å². The first-order valence-corrected chi connectivity index (χ1v) is 7.26. The maximum Gasteiger partial charge on any atom is 0.161 e. The molecule has 1 aromatic carbocycles. The number of rotatable bonds is 6. The zero-order valence-electron chi connectivity index (χ0n) is 12.6. The molecule has 1 aliphatic heterocycles. The van der Waals surface area contributed by atoms with Gasteiger partial charge in [-0.2, -0.15) is 0 Å². The molecule has 0 amide bonds. The van der Waals surface area contributed by atoms with E-state index in [2.05, 4.69) is 18.3 Å². The van der Waals surface area contributed by atoms with Crippen LogP contribution in [-0.4, -0.2) is 33.5 Å². The number of hydrogen-bond donors (Lipinski definition) is 1. The van der Waals surface area contributed by atoms with Crippen LogP contribution in [0.2, 0.25) is 0 Å². The summed E-state index contributed by atoms with van der Waals surface area (Å²) >= 11 is 0. The molecule has 1 aliphatic rings. The molecule has 20 heavy (non-hydrogen) atoms. The maximum absolute atomic E-state index is 5.41. The highest BCUT2D eigenvalue weighted by Gasteiger charge is 2.19. The third-order valence-electron chi connectivity index (χ3n) is 4.05. The minimum atomic E-state index is 0.506. The van der Waals surface area contributed by atoms with Crippen LogP contribution in [0.3, 0.4) is 0 Å². The molecule has 4 heteroatoms. The van der Waals surface area contributed by atoms with E-state index >= 15 is 0 Å². The van der Waals surface area contributed by atoms with Crippen LogP contribution < -0.4 is 14.8 Å². The number of hydrogen-bond acceptors (Lipinski definition) is 4. The summed E-state index contributed by atoms with van der Waals surface area (Å²) in [6.45, 7) is 4.90. The van der Waals surface area contributed by atoms with Crippen LogP contribution in [0.15, 0.2) is 18.2 Å². The number of benzene rings is 1. The van der Waals surface area contributed by atoms with Gasteiger partial charge >= 0.3 is 0 Å². The third kappa shape index (κ3) is 3.87. The second kappa shape index (κ2) is 7.50. The van der Waals surface area contributed by atoms with Crippen molar-refractivity contribution in [1.82, 2.24) is 5.32 Å². The van der Waals surface area contributed by atoms with Crippen molar-refractivity contribution >= 4 is 0 Å². The van der Waals surface area contributed by atoms with Crippen molar-refractivity contribution < 1.29 is 14.2 Å². The second-order valence-electron chi connectivity index (χ2n) is 5.31. The normalized spacial score (nSPS) is 17.8. The average Bonchev–Trinajstić information content (AvgIpc) is 2.53. The van der Waals surface area contributed by atoms with E-state index in [1.54, 1.807) is 14.2 Å². The van der Waals surface area contributed by atoms with Crippen LogP contribution in [0.25, 0.3) is 0 Å². The molecule has 4 nitrogen and oxygen atoms in total. The highest BCUT2D eigenvalue weighted by Crippen LogP contribution is 2.27. The zero-order valence-corrected chi connectivity index (χ0v) is 12.6. The molecule has 1 atom stereocenters. The molecule has 1 unspecified atom stereocenters. The minimum absolute atomic E-state index is 0.506. The second-order valence-corrected chi connectivity index (χ2v) is 5.31. The van der Waals surface area contributed by atoms with Gasteiger partial charge in [-0.05, 0) is 43.4 Å². The fourth-order valence-corrected chi connectivity index (χ4v) is 2.65. The largest absolute Gasteiger partial charge is 0.493 e. The van der Waals surface area contributed by atoms with Gasteiger partial charge in [0.25, 0.3) is 0 Å². The Balaban J connectivity index is 1.89. The Hall–Kier alpha value is -1.26. The fraction of sp³-hybridized carbons (Fsp3) is 0.625. The predicted molar refractivity (Wildman–Crippen MR) is 79.4 cm³/mol. The summed E-state index contributed by atoms with van der Waals surface area (Å²) in [5.41, 5.74) is 1.21. The fourth-order valence-electron chi connectivity index (χ4n) is 2.65. The van der Waals surface area contributed by atoms with Crippen molar-refractivity contribution in [3.63, 3.8) is 0 Å². The number of nitrogens with one attached hydrogen (secondary N) is 1. The summed E-state index contributed by atoms with van der Waals surface area (Å²) in [5, 5.41) is 3.61. The molecule has 112 valence electrons. The number of methoxy groups -OCH3 is 2. The first kappa shape index (κ1) is 15.1. The molecule has 0 aliphatic carbocycles. The zero-order chi connectivity index (χ0) is 14.4. The van der Waals surface area contributed by atoms with Gasteiger partial charge in [-0.3, -0.25) is 0 Å².